The third-order valence-corrected chi connectivity index (χ3v) is 6.57. The summed E-state index contributed by atoms with van der Waals surface area (Å²) in [7, 11) is 0. The molecule has 0 unspecified atom stereocenters. The van der Waals surface area contributed by atoms with Crippen molar-refractivity contribution in [2.45, 2.75) is 11.3 Å². The van der Waals surface area contributed by atoms with Gasteiger partial charge in [0, 0.05) is 32.2 Å². The molecular formula is C19H20N6O6S2. The summed E-state index contributed by atoms with van der Waals surface area (Å²) in [6, 6.07) is 4.86. The molecule has 1 aliphatic heterocycles. The first-order valence-corrected chi connectivity index (χ1v) is 11.8. The first kappa shape index (κ1) is 22.8. The van der Waals surface area contributed by atoms with E-state index in [1.807, 2.05) is 0 Å². The Bertz CT molecular complexity index is 1110. The Morgan fingerprint density at radius 1 is 1.18 bits per heavy atom. The minimum atomic E-state index is -0.500. The number of nitrogens with zero attached hydrogens (tertiary/aromatic N) is 5. The van der Waals surface area contributed by atoms with Crippen LogP contribution in [0.3, 0.4) is 0 Å². The number of furan rings is 1. The van der Waals surface area contributed by atoms with Gasteiger partial charge in [0.25, 0.3) is 5.91 Å². The van der Waals surface area contributed by atoms with E-state index < -0.39 is 5.91 Å². The molecule has 0 spiro atoms. The average Bonchev–Trinajstić information content (AvgIpc) is 3.59. The molecule has 0 bridgehead atoms. The van der Waals surface area contributed by atoms with Crippen molar-refractivity contribution in [2.75, 3.05) is 43.9 Å². The van der Waals surface area contributed by atoms with Crippen molar-refractivity contribution in [2.24, 2.45) is 0 Å². The normalized spacial score (nSPS) is 13.7. The van der Waals surface area contributed by atoms with Crippen LogP contribution in [0.5, 0.6) is 0 Å². The number of amides is 3. The maximum absolute atomic E-state index is 12.5. The van der Waals surface area contributed by atoms with Crippen LogP contribution in [0.15, 0.2) is 37.7 Å². The number of anilines is 1. The first-order valence-electron chi connectivity index (χ1n) is 10.0. The van der Waals surface area contributed by atoms with Gasteiger partial charge < -0.3 is 23.5 Å². The van der Waals surface area contributed by atoms with Crippen molar-refractivity contribution in [3.8, 4) is 11.5 Å². The summed E-state index contributed by atoms with van der Waals surface area (Å²) < 4.78 is 15.8. The second-order valence-corrected chi connectivity index (χ2v) is 8.94. The lowest BCUT2D eigenvalue weighted by molar-refractivity contribution is -0.129. The molecule has 3 aromatic heterocycles. The molecule has 174 valence electrons. The number of carbonyl (C=O) groups is 3. The highest BCUT2D eigenvalue weighted by Crippen LogP contribution is 2.27. The quantitative estimate of drug-likeness (QED) is 0.386. The Kier molecular flexibility index (Phi) is 7.24. The van der Waals surface area contributed by atoms with Crippen LogP contribution in [-0.2, 0) is 9.53 Å². The summed E-state index contributed by atoms with van der Waals surface area (Å²) in [5.41, 5.74) is 0.0722. The van der Waals surface area contributed by atoms with Crippen LogP contribution in [-0.4, -0.2) is 81.6 Å². The second-order valence-electron chi connectivity index (χ2n) is 6.74. The van der Waals surface area contributed by atoms with Crippen LogP contribution >= 0.6 is 23.1 Å². The summed E-state index contributed by atoms with van der Waals surface area (Å²) >= 11 is 2.38. The van der Waals surface area contributed by atoms with Gasteiger partial charge in [-0.05, 0) is 19.1 Å². The average molecular weight is 493 g/mol. The molecule has 1 N–H and O–H groups in total. The number of thioether (sulfide) groups is 1. The standard InChI is InChI=1S/C19H20N6O6S2/c1-2-29-19(28)25-7-5-24(6-8-25)15(26)11-32-18-22-21-17(33-18)20-16(27)12-10-14(31-23-12)13-4-3-9-30-13/h3-4,9-10H,2,5-8,11H2,1H3,(H,20,21,27). The van der Waals surface area contributed by atoms with Gasteiger partial charge in [0.1, 0.15) is 0 Å². The maximum Gasteiger partial charge on any atom is 0.409 e. The molecule has 14 heteroatoms. The Balaban J connectivity index is 1.23. The number of carbonyl (C=O) groups excluding carboxylic acids is 3. The van der Waals surface area contributed by atoms with E-state index in [2.05, 4.69) is 20.7 Å². The van der Waals surface area contributed by atoms with Gasteiger partial charge in [0.2, 0.25) is 16.8 Å². The zero-order valence-corrected chi connectivity index (χ0v) is 19.2. The molecule has 1 aliphatic rings. The van der Waals surface area contributed by atoms with Crippen molar-refractivity contribution < 1.29 is 28.1 Å². The largest absolute Gasteiger partial charge is 0.461 e. The van der Waals surface area contributed by atoms with Crippen LogP contribution in [0.1, 0.15) is 17.4 Å². The Labute approximate surface area is 196 Å². The molecule has 0 atom stereocenters. The molecular weight excluding hydrogens is 472 g/mol. The number of nitrogens with one attached hydrogen (secondary N) is 1. The van der Waals surface area contributed by atoms with Crippen molar-refractivity contribution in [1.82, 2.24) is 25.2 Å². The van der Waals surface area contributed by atoms with E-state index in [0.717, 1.165) is 11.3 Å². The Morgan fingerprint density at radius 2 is 1.97 bits per heavy atom. The van der Waals surface area contributed by atoms with Gasteiger partial charge in [-0.3, -0.25) is 14.9 Å². The Hall–Kier alpha value is -3.39. The lowest BCUT2D eigenvalue weighted by Gasteiger charge is -2.33. The molecule has 3 amide bonds. The van der Waals surface area contributed by atoms with Crippen LogP contribution < -0.4 is 5.32 Å². The number of hydrogen-bond donors (Lipinski definition) is 1. The first-order chi connectivity index (χ1) is 16.0. The van der Waals surface area contributed by atoms with Gasteiger partial charge in [0.15, 0.2) is 15.8 Å². The second kappa shape index (κ2) is 10.5. The number of hydrogen-bond acceptors (Lipinski definition) is 11. The Morgan fingerprint density at radius 3 is 2.70 bits per heavy atom. The summed E-state index contributed by atoms with van der Waals surface area (Å²) in [5, 5.41) is 14.6. The zero-order valence-electron chi connectivity index (χ0n) is 17.6. The van der Waals surface area contributed by atoms with E-state index in [1.54, 1.807) is 28.9 Å². The van der Waals surface area contributed by atoms with Crippen molar-refractivity contribution in [3.05, 3.63) is 30.2 Å². The molecule has 33 heavy (non-hydrogen) atoms. The van der Waals surface area contributed by atoms with Gasteiger partial charge >= 0.3 is 6.09 Å². The summed E-state index contributed by atoms with van der Waals surface area (Å²) in [6.45, 7) is 3.86. The highest BCUT2D eigenvalue weighted by atomic mass is 32.2. The summed E-state index contributed by atoms with van der Waals surface area (Å²) in [4.78, 5) is 39.9. The predicted octanol–water partition coefficient (Wildman–Crippen LogP) is 2.43. The monoisotopic (exact) mass is 492 g/mol. The molecule has 1 saturated heterocycles. The highest BCUT2D eigenvalue weighted by Gasteiger charge is 2.25. The molecule has 0 aromatic carbocycles. The third-order valence-electron chi connectivity index (χ3n) is 4.61. The molecule has 1 fully saturated rings. The third kappa shape index (κ3) is 5.70. The topological polar surface area (TPSA) is 144 Å². The molecule has 0 radical (unpaired) electrons. The highest BCUT2D eigenvalue weighted by molar-refractivity contribution is 8.01. The fourth-order valence-electron chi connectivity index (χ4n) is 2.96. The smallest absolute Gasteiger partial charge is 0.409 e. The van der Waals surface area contributed by atoms with Crippen LogP contribution in [0.25, 0.3) is 11.5 Å². The lowest BCUT2D eigenvalue weighted by atomic mass is 10.3. The van der Waals surface area contributed by atoms with Gasteiger partial charge in [-0.15, -0.1) is 10.2 Å². The van der Waals surface area contributed by atoms with Gasteiger partial charge in [0.05, 0.1) is 18.6 Å². The van der Waals surface area contributed by atoms with Crippen molar-refractivity contribution >= 4 is 46.1 Å². The summed E-state index contributed by atoms with van der Waals surface area (Å²) in [5.74, 6) is 0.415. The molecule has 0 aliphatic carbocycles. The molecule has 4 rings (SSSR count). The fourth-order valence-corrected chi connectivity index (χ4v) is 4.61. The summed E-state index contributed by atoms with van der Waals surface area (Å²) in [6.07, 6.45) is 1.14. The van der Waals surface area contributed by atoms with Crippen LogP contribution in [0, 0.1) is 0 Å². The zero-order chi connectivity index (χ0) is 23.2. The number of piperazine rings is 1. The number of rotatable bonds is 7. The van der Waals surface area contributed by atoms with Crippen molar-refractivity contribution in [3.63, 3.8) is 0 Å². The van der Waals surface area contributed by atoms with Crippen LogP contribution in [0.2, 0.25) is 0 Å². The van der Waals surface area contributed by atoms with Crippen molar-refractivity contribution in [1.29, 1.82) is 0 Å². The molecule has 0 saturated carbocycles. The number of aromatic nitrogens is 3. The maximum atomic E-state index is 12.5. The van der Waals surface area contributed by atoms with Gasteiger partial charge in [-0.2, -0.15) is 0 Å². The van der Waals surface area contributed by atoms with E-state index in [9.17, 15) is 14.4 Å². The van der Waals surface area contributed by atoms with E-state index in [-0.39, 0.29) is 28.6 Å². The van der Waals surface area contributed by atoms with Gasteiger partial charge in [-0.25, -0.2) is 4.79 Å². The van der Waals surface area contributed by atoms with Gasteiger partial charge in [-0.1, -0.05) is 28.3 Å². The van der Waals surface area contributed by atoms with E-state index in [0.29, 0.717) is 48.6 Å². The predicted molar refractivity (Wildman–Crippen MR) is 118 cm³/mol. The van der Waals surface area contributed by atoms with Crippen LogP contribution in [0.4, 0.5) is 9.93 Å². The van der Waals surface area contributed by atoms with E-state index >= 15 is 0 Å². The molecule has 3 aromatic rings. The number of ether oxygens (including phenoxy) is 1. The fraction of sp³-hybridized carbons (Fsp3) is 0.368. The molecule has 4 heterocycles. The molecule has 12 nitrogen and oxygen atoms in total. The SMILES string of the molecule is CCOC(=O)N1CCN(C(=O)CSc2nnc(NC(=O)c3cc(-c4ccco4)on3)s2)CC1. The van der Waals surface area contributed by atoms with E-state index in [1.165, 1.54) is 24.1 Å². The minimum Gasteiger partial charge on any atom is -0.461 e. The minimum absolute atomic E-state index is 0.0580. The lowest BCUT2D eigenvalue weighted by Crippen LogP contribution is -2.51. The van der Waals surface area contributed by atoms with E-state index in [4.69, 9.17) is 13.7 Å².